The lowest BCUT2D eigenvalue weighted by Gasteiger charge is -2.25. The molecule has 1 atom stereocenters. The summed E-state index contributed by atoms with van der Waals surface area (Å²) in [5.74, 6) is 0.576. The molecule has 0 saturated carbocycles. The number of aromatic nitrogens is 2. The van der Waals surface area contributed by atoms with Crippen LogP contribution in [0.15, 0.2) is 48.5 Å². The van der Waals surface area contributed by atoms with Crippen molar-refractivity contribution in [3.63, 3.8) is 0 Å². The Labute approximate surface area is 155 Å². The Kier molecular flexibility index (Phi) is 4.29. The molecule has 1 aromatic heterocycles. The number of fused-ring (bicyclic) bond motifs is 1. The van der Waals surface area contributed by atoms with Crippen LogP contribution in [-0.2, 0) is 0 Å². The number of phenols is 1. The average Bonchev–Trinajstić information content (AvgIpc) is 3.23. The number of ether oxygens (including phenoxy) is 1. The maximum atomic E-state index is 12.9. The van der Waals surface area contributed by atoms with Crippen molar-refractivity contribution >= 4 is 5.91 Å². The third kappa shape index (κ3) is 2.72. The summed E-state index contributed by atoms with van der Waals surface area (Å²) < 4.78 is 5.22. The number of benzene rings is 2. The van der Waals surface area contributed by atoms with Gasteiger partial charge < -0.3 is 19.8 Å². The number of nitrogens with one attached hydrogen (secondary N) is 1. The first-order chi connectivity index (χ1) is 13.2. The van der Waals surface area contributed by atoms with Gasteiger partial charge in [-0.2, -0.15) is 5.10 Å². The molecule has 1 amide bonds. The number of nitrogens with zero attached hydrogens (tertiary/aromatic N) is 2. The van der Waals surface area contributed by atoms with Gasteiger partial charge in [-0.3, -0.25) is 9.89 Å². The van der Waals surface area contributed by atoms with E-state index >= 15 is 0 Å². The van der Waals surface area contributed by atoms with Crippen LogP contribution in [0.4, 0.5) is 0 Å². The molecule has 1 aliphatic rings. The zero-order valence-corrected chi connectivity index (χ0v) is 14.7. The molecule has 3 N–H and O–H groups in total. The highest BCUT2D eigenvalue weighted by atomic mass is 16.5. The van der Waals surface area contributed by atoms with Gasteiger partial charge in [0.2, 0.25) is 0 Å². The Morgan fingerprint density at radius 1 is 1.19 bits per heavy atom. The average molecular weight is 365 g/mol. The normalized spacial score (nSPS) is 15.9. The van der Waals surface area contributed by atoms with Crippen molar-refractivity contribution in [2.24, 2.45) is 0 Å². The number of carbonyl (C=O) groups is 1. The molecular weight excluding hydrogens is 346 g/mol. The SMILES string of the molecule is COc1ccc([C@H]2c3c(-c4ccccc4O)n[nH]c3C(=O)N2CCO)cc1. The molecule has 0 radical (unpaired) electrons. The van der Waals surface area contributed by atoms with Crippen LogP contribution in [0, 0.1) is 0 Å². The molecule has 0 bridgehead atoms. The van der Waals surface area contributed by atoms with Crippen LogP contribution < -0.4 is 4.74 Å². The minimum atomic E-state index is -0.418. The van der Waals surface area contributed by atoms with Crippen molar-refractivity contribution < 1.29 is 19.7 Å². The molecule has 0 spiro atoms. The number of rotatable bonds is 5. The third-order valence-corrected chi connectivity index (χ3v) is 4.80. The Morgan fingerprint density at radius 3 is 2.59 bits per heavy atom. The van der Waals surface area contributed by atoms with E-state index in [2.05, 4.69) is 10.2 Å². The zero-order valence-electron chi connectivity index (χ0n) is 14.7. The molecule has 0 fully saturated rings. The molecule has 7 heteroatoms. The third-order valence-electron chi connectivity index (χ3n) is 4.80. The van der Waals surface area contributed by atoms with E-state index in [0.717, 1.165) is 5.56 Å². The number of methoxy groups -OCH3 is 1. The van der Waals surface area contributed by atoms with Crippen LogP contribution in [0.3, 0.4) is 0 Å². The first-order valence-corrected chi connectivity index (χ1v) is 8.58. The number of carbonyl (C=O) groups excluding carboxylic acids is 1. The highest BCUT2D eigenvalue weighted by Crippen LogP contribution is 2.44. The van der Waals surface area contributed by atoms with Crippen LogP contribution in [-0.4, -0.2) is 51.5 Å². The number of amides is 1. The lowest BCUT2D eigenvalue weighted by molar-refractivity contribution is 0.0706. The fourth-order valence-electron chi connectivity index (χ4n) is 3.55. The Hall–Kier alpha value is -3.32. The number of hydrogen-bond acceptors (Lipinski definition) is 5. The van der Waals surface area contributed by atoms with E-state index in [1.165, 1.54) is 0 Å². The molecular formula is C20H19N3O4. The van der Waals surface area contributed by atoms with Gasteiger partial charge in [0.05, 0.1) is 19.8 Å². The van der Waals surface area contributed by atoms with Gasteiger partial charge in [-0.25, -0.2) is 0 Å². The molecule has 2 heterocycles. The second kappa shape index (κ2) is 6.77. The van der Waals surface area contributed by atoms with Gasteiger partial charge in [0.1, 0.15) is 22.9 Å². The quantitative estimate of drug-likeness (QED) is 0.645. The van der Waals surface area contributed by atoms with Crippen LogP contribution >= 0.6 is 0 Å². The van der Waals surface area contributed by atoms with E-state index in [0.29, 0.717) is 28.3 Å². The van der Waals surface area contributed by atoms with Gasteiger partial charge in [0.25, 0.3) is 5.91 Å². The van der Waals surface area contributed by atoms with E-state index in [-0.39, 0.29) is 24.8 Å². The fraction of sp³-hybridized carbons (Fsp3) is 0.200. The molecule has 7 nitrogen and oxygen atoms in total. The number of phenolic OH excluding ortho intramolecular Hbond substituents is 1. The molecule has 0 aliphatic carbocycles. The van der Waals surface area contributed by atoms with Gasteiger partial charge in [-0.15, -0.1) is 0 Å². The highest BCUT2D eigenvalue weighted by Gasteiger charge is 2.42. The summed E-state index contributed by atoms with van der Waals surface area (Å²) in [5, 5.41) is 26.8. The van der Waals surface area contributed by atoms with Gasteiger partial charge in [-0.1, -0.05) is 24.3 Å². The Bertz CT molecular complexity index is 981. The van der Waals surface area contributed by atoms with E-state index in [9.17, 15) is 15.0 Å². The van der Waals surface area contributed by atoms with Crippen molar-refractivity contribution in [3.05, 3.63) is 65.4 Å². The maximum Gasteiger partial charge on any atom is 0.273 e. The largest absolute Gasteiger partial charge is 0.507 e. The summed E-state index contributed by atoms with van der Waals surface area (Å²) in [6.45, 7) is 0.0419. The Balaban J connectivity index is 1.88. The number of aliphatic hydroxyl groups excluding tert-OH is 1. The fourth-order valence-corrected chi connectivity index (χ4v) is 3.55. The number of aromatic amines is 1. The van der Waals surface area contributed by atoms with Gasteiger partial charge in [0.15, 0.2) is 0 Å². The summed E-state index contributed by atoms with van der Waals surface area (Å²) in [6.07, 6.45) is 0. The number of H-pyrrole nitrogens is 1. The minimum Gasteiger partial charge on any atom is -0.507 e. The number of aromatic hydroxyl groups is 1. The number of para-hydroxylation sites is 1. The molecule has 2 aromatic carbocycles. The second-order valence-corrected chi connectivity index (χ2v) is 6.28. The van der Waals surface area contributed by atoms with Crippen molar-refractivity contribution in [1.29, 1.82) is 0 Å². The second-order valence-electron chi connectivity index (χ2n) is 6.28. The lowest BCUT2D eigenvalue weighted by Crippen LogP contribution is -2.32. The molecule has 0 saturated heterocycles. The smallest absolute Gasteiger partial charge is 0.273 e. The predicted octanol–water partition coefficient (Wildman–Crippen LogP) is 2.33. The van der Waals surface area contributed by atoms with Crippen molar-refractivity contribution in [1.82, 2.24) is 15.1 Å². The summed E-state index contributed by atoms with van der Waals surface area (Å²) in [5.41, 5.74) is 3.02. The van der Waals surface area contributed by atoms with Crippen LogP contribution in [0.1, 0.15) is 27.7 Å². The standard InChI is InChI=1S/C20H19N3O4/c1-27-13-8-6-12(7-9-13)19-16-17(14-4-2-3-5-15(14)25)21-22-18(16)20(26)23(19)10-11-24/h2-9,19,24-25H,10-11H2,1H3,(H,21,22)/t19-/m0/s1. The van der Waals surface area contributed by atoms with Gasteiger partial charge in [0, 0.05) is 17.7 Å². The summed E-state index contributed by atoms with van der Waals surface area (Å²) in [7, 11) is 1.59. The monoisotopic (exact) mass is 365 g/mol. The van der Waals surface area contributed by atoms with E-state index in [1.807, 2.05) is 24.3 Å². The van der Waals surface area contributed by atoms with Gasteiger partial charge in [-0.05, 0) is 29.8 Å². The Morgan fingerprint density at radius 2 is 1.93 bits per heavy atom. The van der Waals surface area contributed by atoms with Crippen LogP contribution in [0.2, 0.25) is 0 Å². The van der Waals surface area contributed by atoms with E-state index in [1.54, 1.807) is 36.3 Å². The van der Waals surface area contributed by atoms with Crippen LogP contribution in [0.25, 0.3) is 11.3 Å². The molecule has 0 unspecified atom stereocenters. The highest BCUT2D eigenvalue weighted by molar-refractivity contribution is 6.00. The molecule has 1 aliphatic heterocycles. The first-order valence-electron chi connectivity index (χ1n) is 8.58. The zero-order chi connectivity index (χ0) is 19.0. The van der Waals surface area contributed by atoms with E-state index in [4.69, 9.17) is 4.74 Å². The maximum absolute atomic E-state index is 12.9. The topological polar surface area (TPSA) is 98.7 Å². The predicted molar refractivity (Wildman–Crippen MR) is 98.6 cm³/mol. The summed E-state index contributed by atoms with van der Waals surface area (Å²) in [6, 6.07) is 13.9. The molecule has 27 heavy (non-hydrogen) atoms. The van der Waals surface area contributed by atoms with Crippen molar-refractivity contribution in [2.45, 2.75) is 6.04 Å². The number of aliphatic hydroxyl groups is 1. The summed E-state index contributed by atoms with van der Waals surface area (Å²) in [4.78, 5) is 14.5. The lowest BCUT2D eigenvalue weighted by atomic mass is 9.95. The van der Waals surface area contributed by atoms with Crippen LogP contribution in [0.5, 0.6) is 11.5 Å². The summed E-state index contributed by atoms with van der Waals surface area (Å²) >= 11 is 0. The minimum absolute atomic E-state index is 0.0911. The molecule has 3 aromatic rings. The van der Waals surface area contributed by atoms with Gasteiger partial charge >= 0.3 is 0 Å². The molecule has 138 valence electrons. The first kappa shape index (κ1) is 17.1. The van der Waals surface area contributed by atoms with E-state index < -0.39 is 6.04 Å². The van der Waals surface area contributed by atoms with Crippen molar-refractivity contribution in [2.75, 3.05) is 20.3 Å². The number of hydrogen-bond donors (Lipinski definition) is 3. The van der Waals surface area contributed by atoms with Crippen molar-refractivity contribution in [3.8, 4) is 22.8 Å². The molecule has 4 rings (SSSR count). The number of β-amino-alcohol motifs (C(OH)–C–C–N with tert-alkyl or cyclic N) is 1.